The van der Waals surface area contributed by atoms with Gasteiger partial charge in [0.15, 0.2) is 0 Å². The molecule has 0 heterocycles. The first-order valence-electron chi connectivity index (χ1n) is 5.75. The van der Waals surface area contributed by atoms with Crippen molar-refractivity contribution >= 4 is 5.91 Å². The van der Waals surface area contributed by atoms with E-state index in [1.54, 1.807) is 0 Å². The van der Waals surface area contributed by atoms with Gasteiger partial charge in [0, 0.05) is 6.04 Å². The Balaban J connectivity index is 2.84. The maximum atomic E-state index is 13.4. The van der Waals surface area contributed by atoms with E-state index in [1.165, 1.54) is 12.1 Å². The van der Waals surface area contributed by atoms with Gasteiger partial charge in [-0.25, -0.2) is 4.39 Å². The molecule has 2 N–H and O–H groups in total. The summed E-state index contributed by atoms with van der Waals surface area (Å²) in [5.74, 6) is -1.32. The first kappa shape index (κ1) is 13.5. The topological polar surface area (TPSA) is 49.3 Å². The lowest BCUT2D eigenvalue weighted by Gasteiger charge is -2.20. The van der Waals surface area contributed by atoms with Gasteiger partial charge < -0.3 is 10.4 Å². The molecule has 0 saturated heterocycles. The maximum absolute atomic E-state index is 13.4. The predicted molar refractivity (Wildman–Crippen MR) is 64.4 cm³/mol. The van der Waals surface area contributed by atoms with Crippen molar-refractivity contribution in [2.45, 2.75) is 33.2 Å². The SMILES string of the molecule is CCC(C)C(C)NC(=O)c1c(O)cccc1F. The second-order valence-corrected chi connectivity index (χ2v) is 4.28. The number of halogens is 1. The van der Waals surface area contributed by atoms with E-state index < -0.39 is 11.7 Å². The lowest BCUT2D eigenvalue weighted by molar-refractivity contribution is 0.0921. The van der Waals surface area contributed by atoms with Gasteiger partial charge in [-0.2, -0.15) is 0 Å². The fourth-order valence-corrected chi connectivity index (χ4v) is 1.51. The van der Waals surface area contributed by atoms with Crippen LogP contribution in [0.2, 0.25) is 0 Å². The highest BCUT2D eigenvalue weighted by Crippen LogP contribution is 2.20. The molecule has 0 radical (unpaired) electrons. The van der Waals surface area contributed by atoms with Crippen molar-refractivity contribution in [2.75, 3.05) is 0 Å². The molecule has 0 aromatic heterocycles. The highest BCUT2D eigenvalue weighted by Gasteiger charge is 2.19. The molecule has 2 unspecified atom stereocenters. The zero-order valence-corrected chi connectivity index (χ0v) is 10.3. The predicted octanol–water partition coefficient (Wildman–Crippen LogP) is 2.70. The third kappa shape index (κ3) is 3.19. The molecule has 94 valence electrons. The molecule has 1 aromatic carbocycles. The Hall–Kier alpha value is -1.58. The molecule has 17 heavy (non-hydrogen) atoms. The van der Waals surface area contributed by atoms with Crippen LogP contribution in [0.25, 0.3) is 0 Å². The highest BCUT2D eigenvalue weighted by molar-refractivity contribution is 5.97. The Kier molecular flexibility index (Phi) is 4.49. The Morgan fingerprint density at radius 3 is 2.65 bits per heavy atom. The summed E-state index contributed by atoms with van der Waals surface area (Å²) >= 11 is 0. The van der Waals surface area contributed by atoms with E-state index in [4.69, 9.17) is 0 Å². The van der Waals surface area contributed by atoms with Gasteiger partial charge in [-0.05, 0) is 25.0 Å². The molecule has 1 rings (SSSR count). The van der Waals surface area contributed by atoms with Crippen molar-refractivity contribution in [3.05, 3.63) is 29.6 Å². The van der Waals surface area contributed by atoms with Gasteiger partial charge in [0.25, 0.3) is 5.91 Å². The molecule has 0 bridgehead atoms. The molecule has 0 aliphatic heterocycles. The normalized spacial score (nSPS) is 14.1. The number of carbonyl (C=O) groups excluding carboxylic acids is 1. The highest BCUT2D eigenvalue weighted by atomic mass is 19.1. The smallest absolute Gasteiger partial charge is 0.258 e. The van der Waals surface area contributed by atoms with Crippen molar-refractivity contribution in [3.63, 3.8) is 0 Å². The van der Waals surface area contributed by atoms with Crippen molar-refractivity contribution in [3.8, 4) is 5.75 Å². The minimum Gasteiger partial charge on any atom is -0.507 e. The third-order valence-electron chi connectivity index (χ3n) is 3.07. The molecule has 0 fully saturated rings. The number of benzene rings is 1. The monoisotopic (exact) mass is 239 g/mol. The molecule has 3 nitrogen and oxygen atoms in total. The molecular weight excluding hydrogens is 221 g/mol. The molecule has 1 amide bonds. The minimum absolute atomic E-state index is 0.0634. The van der Waals surface area contributed by atoms with E-state index in [9.17, 15) is 14.3 Å². The number of phenolic OH excluding ortho intramolecular Hbond substituents is 1. The van der Waals surface area contributed by atoms with E-state index in [0.29, 0.717) is 5.92 Å². The summed E-state index contributed by atoms with van der Waals surface area (Å²) in [6, 6.07) is 3.75. The molecule has 0 aliphatic rings. The summed E-state index contributed by atoms with van der Waals surface area (Å²) in [5.41, 5.74) is -0.289. The quantitative estimate of drug-likeness (QED) is 0.848. The first-order valence-corrected chi connectivity index (χ1v) is 5.75. The molecule has 2 atom stereocenters. The molecule has 0 aliphatic carbocycles. The van der Waals surface area contributed by atoms with Gasteiger partial charge in [0.05, 0.1) is 0 Å². The maximum Gasteiger partial charge on any atom is 0.258 e. The summed E-state index contributed by atoms with van der Waals surface area (Å²) in [6.07, 6.45) is 0.921. The van der Waals surface area contributed by atoms with E-state index in [-0.39, 0.29) is 17.4 Å². The van der Waals surface area contributed by atoms with Gasteiger partial charge in [0.1, 0.15) is 17.1 Å². The fourth-order valence-electron chi connectivity index (χ4n) is 1.51. The zero-order chi connectivity index (χ0) is 13.0. The Bertz CT molecular complexity index is 386. The van der Waals surface area contributed by atoms with Crippen LogP contribution in [0.15, 0.2) is 18.2 Å². The van der Waals surface area contributed by atoms with Crippen LogP contribution in [0, 0.1) is 11.7 Å². The molecule has 1 aromatic rings. The van der Waals surface area contributed by atoms with Crippen LogP contribution >= 0.6 is 0 Å². The zero-order valence-electron chi connectivity index (χ0n) is 10.3. The number of aromatic hydroxyl groups is 1. The van der Waals surface area contributed by atoms with Crippen molar-refractivity contribution in [1.82, 2.24) is 5.32 Å². The van der Waals surface area contributed by atoms with Gasteiger partial charge in [0.2, 0.25) is 0 Å². The second-order valence-electron chi connectivity index (χ2n) is 4.28. The number of hydrogen-bond donors (Lipinski definition) is 2. The Morgan fingerprint density at radius 1 is 1.47 bits per heavy atom. The Morgan fingerprint density at radius 2 is 2.12 bits per heavy atom. The number of amides is 1. The van der Waals surface area contributed by atoms with Crippen molar-refractivity contribution in [1.29, 1.82) is 0 Å². The number of rotatable bonds is 4. The summed E-state index contributed by atoms with van der Waals surface area (Å²) < 4.78 is 13.4. The average Bonchev–Trinajstić information content (AvgIpc) is 2.27. The average molecular weight is 239 g/mol. The molecule has 0 saturated carbocycles. The minimum atomic E-state index is -0.709. The second kappa shape index (κ2) is 5.66. The van der Waals surface area contributed by atoms with E-state index >= 15 is 0 Å². The summed E-state index contributed by atoms with van der Waals surface area (Å²) in [6.45, 7) is 5.89. The summed E-state index contributed by atoms with van der Waals surface area (Å²) in [7, 11) is 0. The van der Waals surface area contributed by atoms with E-state index in [1.807, 2.05) is 20.8 Å². The first-order chi connectivity index (χ1) is 7.97. The Labute approximate surface area is 101 Å². The van der Waals surface area contributed by atoms with Crippen LogP contribution < -0.4 is 5.32 Å². The number of carbonyl (C=O) groups is 1. The van der Waals surface area contributed by atoms with Gasteiger partial charge in [-0.15, -0.1) is 0 Å². The van der Waals surface area contributed by atoms with Crippen molar-refractivity contribution < 1.29 is 14.3 Å². The van der Waals surface area contributed by atoms with Gasteiger partial charge in [-0.3, -0.25) is 4.79 Å². The largest absolute Gasteiger partial charge is 0.507 e. The van der Waals surface area contributed by atoms with Crippen LogP contribution in [-0.4, -0.2) is 17.1 Å². The molecular formula is C13H18FNO2. The summed E-state index contributed by atoms with van der Waals surface area (Å²) in [5, 5.41) is 12.2. The number of nitrogens with one attached hydrogen (secondary N) is 1. The van der Waals surface area contributed by atoms with Crippen molar-refractivity contribution in [2.24, 2.45) is 5.92 Å². The molecule has 0 spiro atoms. The van der Waals surface area contributed by atoms with Crippen LogP contribution in [0.4, 0.5) is 4.39 Å². The standard InChI is InChI=1S/C13H18FNO2/c1-4-8(2)9(3)15-13(17)12-10(14)6-5-7-11(12)16/h5-9,16H,4H2,1-3H3,(H,15,17). The van der Waals surface area contributed by atoms with Crippen LogP contribution in [0.3, 0.4) is 0 Å². The summed E-state index contributed by atoms with van der Waals surface area (Å²) in [4.78, 5) is 11.8. The number of hydrogen-bond acceptors (Lipinski definition) is 2. The fraction of sp³-hybridized carbons (Fsp3) is 0.462. The van der Waals surface area contributed by atoms with Crippen LogP contribution in [0.1, 0.15) is 37.6 Å². The van der Waals surface area contributed by atoms with Gasteiger partial charge >= 0.3 is 0 Å². The lowest BCUT2D eigenvalue weighted by Crippen LogP contribution is -2.37. The third-order valence-corrected chi connectivity index (χ3v) is 3.07. The van der Waals surface area contributed by atoms with E-state index in [2.05, 4.69) is 5.32 Å². The lowest BCUT2D eigenvalue weighted by atomic mass is 10.0. The van der Waals surface area contributed by atoms with Crippen LogP contribution in [-0.2, 0) is 0 Å². The van der Waals surface area contributed by atoms with Gasteiger partial charge in [-0.1, -0.05) is 26.3 Å². The number of phenols is 1. The van der Waals surface area contributed by atoms with Crippen LogP contribution in [0.5, 0.6) is 5.75 Å². The van der Waals surface area contributed by atoms with E-state index in [0.717, 1.165) is 12.5 Å². The molecule has 4 heteroatoms.